The van der Waals surface area contributed by atoms with Crippen molar-refractivity contribution in [1.82, 2.24) is 5.32 Å². The summed E-state index contributed by atoms with van der Waals surface area (Å²) in [6.45, 7) is 6.18. The third-order valence-electron chi connectivity index (χ3n) is 10.4. The zero-order valence-electron chi connectivity index (χ0n) is 39.2. The van der Waals surface area contributed by atoms with Crippen molar-refractivity contribution in [1.29, 1.82) is 0 Å². The summed E-state index contributed by atoms with van der Waals surface area (Å²) in [6.07, 6.45) is 64.5. The molecule has 346 valence electrons. The van der Waals surface area contributed by atoms with E-state index in [0.29, 0.717) is 19.3 Å². The number of rotatable bonds is 42. The van der Waals surface area contributed by atoms with Crippen LogP contribution in [0, 0.1) is 0 Å². The van der Waals surface area contributed by atoms with Gasteiger partial charge in [0.05, 0.1) is 25.2 Å². The van der Waals surface area contributed by atoms with Gasteiger partial charge < -0.3 is 20.3 Å². The first-order valence-electron chi connectivity index (χ1n) is 24.7. The Hall–Kier alpha value is -3.48. The Bertz CT molecular complexity index is 1270. The third kappa shape index (κ3) is 43.0. The lowest BCUT2D eigenvalue weighted by molar-refractivity contribution is -0.150. The second kappa shape index (κ2) is 47.6. The van der Waals surface area contributed by atoms with Crippen LogP contribution in [0.1, 0.15) is 201 Å². The van der Waals surface area contributed by atoms with Gasteiger partial charge in [-0.3, -0.25) is 9.59 Å². The minimum absolute atomic E-state index is 0.0233. The van der Waals surface area contributed by atoms with Gasteiger partial charge >= 0.3 is 5.97 Å². The lowest BCUT2D eigenvalue weighted by Gasteiger charge is -2.24. The number of allylic oxidation sites excluding steroid dienone is 17. The normalized spacial score (nSPS) is 14.2. The first-order valence-corrected chi connectivity index (χ1v) is 24.7. The van der Waals surface area contributed by atoms with E-state index in [1.165, 1.54) is 70.6 Å². The van der Waals surface area contributed by atoms with E-state index in [0.717, 1.165) is 83.5 Å². The summed E-state index contributed by atoms with van der Waals surface area (Å²) in [5.41, 5.74) is 0. The minimum Gasteiger partial charge on any atom is -0.461 e. The summed E-state index contributed by atoms with van der Waals surface area (Å²) >= 11 is 0. The van der Waals surface area contributed by atoms with Crippen LogP contribution in [0.2, 0.25) is 0 Å². The number of unbranched alkanes of at least 4 members (excludes halogenated alkanes) is 16. The summed E-state index contributed by atoms with van der Waals surface area (Å²) < 4.78 is 5.83. The van der Waals surface area contributed by atoms with Gasteiger partial charge in [0.1, 0.15) is 6.10 Å². The van der Waals surface area contributed by atoms with Gasteiger partial charge in [-0.05, 0) is 64.2 Å². The number of carbonyl (C=O) groups is 2. The van der Waals surface area contributed by atoms with Crippen molar-refractivity contribution in [3.63, 3.8) is 0 Å². The molecular formula is C55H91NO5. The predicted molar refractivity (Wildman–Crippen MR) is 263 cm³/mol. The second-order valence-electron chi connectivity index (χ2n) is 16.2. The fourth-order valence-electron chi connectivity index (χ4n) is 6.76. The SMILES string of the molecule is CC/C=C\C/C=C\C/C=C\C/C=C\C/C=C\CC(CC(=O)NC(CO)C(O)CCCCCCCCCCCCCCCC)OC(=O)CCCCC\C=C/C=C\C=C\C=C\CC. The largest absolute Gasteiger partial charge is 0.461 e. The average molecular weight is 846 g/mol. The molecule has 0 saturated heterocycles. The van der Waals surface area contributed by atoms with Crippen LogP contribution in [0.5, 0.6) is 0 Å². The highest BCUT2D eigenvalue weighted by molar-refractivity contribution is 5.77. The standard InChI is InChI=1S/C55H91NO5/c1-4-7-10-13-16-19-22-25-27-29-31-34-37-40-43-46-51(61-55(60)48-45-42-39-36-33-28-24-21-18-15-12-9-6-3)49-54(59)56-52(50-57)53(58)47-44-41-38-35-32-30-26-23-20-17-14-11-8-5-2/h7,9-10,12,15-16,18-19,21,24-25,27-28,31,33-34,40,43,51-53,57-58H,4-6,8,11,13-14,17,20,22-23,26,29-30,32,35-39,41-42,44-50H2,1-3H3,(H,56,59)/b10-7-,12-9+,18-15+,19-16-,24-21-,27-25-,33-28-,34-31-,43-40-. The molecular weight excluding hydrogens is 755 g/mol. The van der Waals surface area contributed by atoms with Gasteiger partial charge in [-0.25, -0.2) is 0 Å². The van der Waals surface area contributed by atoms with Crippen LogP contribution >= 0.6 is 0 Å². The third-order valence-corrected chi connectivity index (χ3v) is 10.4. The summed E-state index contributed by atoms with van der Waals surface area (Å²) in [7, 11) is 0. The average Bonchev–Trinajstić information content (AvgIpc) is 3.25. The number of aliphatic hydroxyl groups excluding tert-OH is 2. The zero-order chi connectivity index (χ0) is 44.5. The van der Waals surface area contributed by atoms with Crippen LogP contribution in [0.4, 0.5) is 0 Å². The van der Waals surface area contributed by atoms with Crippen molar-refractivity contribution >= 4 is 11.9 Å². The van der Waals surface area contributed by atoms with E-state index >= 15 is 0 Å². The van der Waals surface area contributed by atoms with Gasteiger partial charge in [0.2, 0.25) is 5.91 Å². The van der Waals surface area contributed by atoms with E-state index < -0.39 is 18.2 Å². The smallest absolute Gasteiger partial charge is 0.306 e. The Kier molecular flexibility index (Phi) is 44.9. The maximum Gasteiger partial charge on any atom is 0.306 e. The first-order chi connectivity index (χ1) is 30.0. The summed E-state index contributed by atoms with van der Waals surface area (Å²) in [6, 6.07) is -0.747. The number of amides is 1. The lowest BCUT2D eigenvalue weighted by atomic mass is 10.0. The zero-order valence-corrected chi connectivity index (χ0v) is 39.2. The molecule has 0 aromatic rings. The molecule has 0 rings (SSSR count). The molecule has 1 amide bonds. The minimum atomic E-state index is -0.825. The van der Waals surface area contributed by atoms with Crippen molar-refractivity contribution in [3.05, 3.63) is 109 Å². The number of nitrogens with one attached hydrogen (secondary N) is 1. The number of ether oxygens (including phenoxy) is 1. The van der Waals surface area contributed by atoms with E-state index in [9.17, 15) is 19.8 Å². The maximum atomic E-state index is 13.2. The van der Waals surface area contributed by atoms with Crippen LogP contribution in [0.15, 0.2) is 109 Å². The van der Waals surface area contributed by atoms with Gasteiger partial charge in [-0.1, -0.05) is 226 Å². The number of hydrogen-bond acceptors (Lipinski definition) is 5. The molecule has 3 unspecified atom stereocenters. The van der Waals surface area contributed by atoms with Crippen LogP contribution < -0.4 is 5.32 Å². The highest BCUT2D eigenvalue weighted by Gasteiger charge is 2.23. The van der Waals surface area contributed by atoms with Crippen LogP contribution in [-0.4, -0.2) is 46.9 Å². The quantitative estimate of drug-likeness (QED) is 0.0246. The number of carbonyl (C=O) groups excluding carboxylic acids is 2. The van der Waals surface area contributed by atoms with Crippen molar-refractivity contribution < 1.29 is 24.5 Å². The van der Waals surface area contributed by atoms with Crippen molar-refractivity contribution in [2.75, 3.05) is 6.61 Å². The fraction of sp³-hybridized carbons (Fsp3) is 0.636. The van der Waals surface area contributed by atoms with Crippen molar-refractivity contribution in [2.24, 2.45) is 0 Å². The monoisotopic (exact) mass is 846 g/mol. The topological polar surface area (TPSA) is 95.9 Å². The first kappa shape index (κ1) is 57.5. The summed E-state index contributed by atoms with van der Waals surface area (Å²) in [5.74, 6) is -0.637. The van der Waals surface area contributed by atoms with E-state index in [1.807, 2.05) is 48.6 Å². The summed E-state index contributed by atoms with van der Waals surface area (Å²) in [4.78, 5) is 26.0. The molecule has 3 atom stereocenters. The molecule has 0 spiro atoms. The number of aliphatic hydroxyl groups is 2. The highest BCUT2D eigenvalue weighted by Crippen LogP contribution is 2.16. The van der Waals surface area contributed by atoms with E-state index in [2.05, 4.69) is 86.8 Å². The number of esters is 1. The molecule has 0 aliphatic heterocycles. The molecule has 0 fully saturated rings. The lowest BCUT2D eigenvalue weighted by Crippen LogP contribution is -2.46. The molecule has 0 saturated carbocycles. The number of hydrogen-bond donors (Lipinski definition) is 3. The molecule has 6 nitrogen and oxygen atoms in total. The summed E-state index contributed by atoms with van der Waals surface area (Å²) in [5, 5.41) is 23.7. The molecule has 0 bridgehead atoms. The Labute approximate surface area is 375 Å². The Morgan fingerprint density at radius 3 is 1.51 bits per heavy atom. The van der Waals surface area contributed by atoms with Crippen molar-refractivity contribution in [2.45, 2.75) is 219 Å². The van der Waals surface area contributed by atoms with Gasteiger partial charge in [0.15, 0.2) is 0 Å². The van der Waals surface area contributed by atoms with E-state index in [1.54, 1.807) is 0 Å². The molecule has 0 aromatic carbocycles. The molecule has 61 heavy (non-hydrogen) atoms. The highest BCUT2D eigenvalue weighted by atomic mass is 16.5. The fourth-order valence-corrected chi connectivity index (χ4v) is 6.76. The molecule has 3 N–H and O–H groups in total. The molecule has 6 heteroatoms. The van der Waals surface area contributed by atoms with Gasteiger partial charge in [0, 0.05) is 12.8 Å². The van der Waals surface area contributed by atoms with Gasteiger partial charge in [0.25, 0.3) is 0 Å². The second-order valence-corrected chi connectivity index (χ2v) is 16.2. The van der Waals surface area contributed by atoms with Gasteiger partial charge in [-0.2, -0.15) is 0 Å². The van der Waals surface area contributed by atoms with Crippen LogP contribution in [-0.2, 0) is 14.3 Å². The Balaban J connectivity index is 4.80. The Morgan fingerprint density at radius 1 is 0.525 bits per heavy atom. The van der Waals surface area contributed by atoms with Crippen LogP contribution in [0.25, 0.3) is 0 Å². The van der Waals surface area contributed by atoms with Gasteiger partial charge in [-0.15, -0.1) is 0 Å². The van der Waals surface area contributed by atoms with E-state index in [-0.39, 0.29) is 24.9 Å². The maximum absolute atomic E-state index is 13.2. The molecule has 0 heterocycles. The molecule has 0 radical (unpaired) electrons. The van der Waals surface area contributed by atoms with E-state index in [4.69, 9.17) is 4.74 Å². The molecule has 0 aromatic heterocycles. The predicted octanol–water partition coefficient (Wildman–Crippen LogP) is 14.7. The molecule has 0 aliphatic carbocycles. The van der Waals surface area contributed by atoms with Crippen molar-refractivity contribution in [3.8, 4) is 0 Å². The Morgan fingerprint density at radius 2 is 0.984 bits per heavy atom. The molecule has 0 aliphatic rings. The van der Waals surface area contributed by atoms with Crippen LogP contribution in [0.3, 0.4) is 0 Å².